The number of thioether (sulfide) groups is 1. The molecular formula is C11H11N3O4S. The van der Waals surface area contributed by atoms with Crippen molar-refractivity contribution >= 4 is 28.8 Å². The maximum atomic E-state index is 11.7. The first kappa shape index (κ1) is 13.3. The molecule has 0 bridgehead atoms. The van der Waals surface area contributed by atoms with E-state index in [1.165, 1.54) is 18.3 Å². The van der Waals surface area contributed by atoms with Crippen molar-refractivity contribution in [2.75, 3.05) is 18.8 Å². The van der Waals surface area contributed by atoms with Crippen molar-refractivity contribution in [2.24, 2.45) is 0 Å². The van der Waals surface area contributed by atoms with E-state index in [2.05, 4.69) is 10.3 Å². The Bertz CT molecular complexity index is 547. The minimum absolute atomic E-state index is 0.153. The van der Waals surface area contributed by atoms with Gasteiger partial charge in [-0.2, -0.15) is 0 Å². The molecule has 1 aliphatic heterocycles. The van der Waals surface area contributed by atoms with E-state index >= 15 is 0 Å². The minimum Gasteiger partial charge on any atom is -0.350 e. The van der Waals surface area contributed by atoms with Crippen LogP contribution in [0.15, 0.2) is 23.1 Å². The third-order valence-corrected chi connectivity index (χ3v) is 3.37. The molecule has 2 N–H and O–H groups in total. The molecule has 2 heterocycles. The Morgan fingerprint density at radius 1 is 1.37 bits per heavy atom. The van der Waals surface area contributed by atoms with E-state index in [9.17, 15) is 19.2 Å². The van der Waals surface area contributed by atoms with E-state index in [4.69, 9.17) is 0 Å². The molecule has 1 aromatic rings. The monoisotopic (exact) mass is 281 g/mol. The summed E-state index contributed by atoms with van der Waals surface area (Å²) in [5.41, 5.74) is 0.0230. The van der Waals surface area contributed by atoms with Gasteiger partial charge in [-0.3, -0.25) is 24.1 Å². The second-order valence-corrected chi connectivity index (χ2v) is 4.72. The lowest BCUT2D eigenvalue weighted by Gasteiger charge is -2.12. The summed E-state index contributed by atoms with van der Waals surface area (Å²) in [7, 11) is 0. The lowest BCUT2D eigenvalue weighted by molar-refractivity contribution is -0.124. The highest BCUT2D eigenvalue weighted by atomic mass is 32.2. The average Bonchev–Trinajstić information content (AvgIpc) is 2.71. The van der Waals surface area contributed by atoms with Crippen LogP contribution in [-0.4, -0.2) is 45.8 Å². The van der Waals surface area contributed by atoms with Crippen molar-refractivity contribution in [1.82, 2.24) is 15.2 Å². The number of H-pyrrole nitrogens is 1. The highest BCUT2D eigenvalue weighted by Gasteiger charge is 2.29. The second-order valence-electron chi connectivity index (χ2n) is 3.80. The molecule has 0 spiro atoms. The van der Waals surface area contributed by atoms with E-state index in [0.29, 0.717) is 5.56 Å². The van der Waals surface area contributed by atoms with Gasteiger partial charge in [0.2, 0.25) is 11.5 Å². The zero-order valence-corrected chi connectivity index (χ0v) is 10.7. The number of nitrogens with one attached hydrogen (secondary N) is 2. The summed E-state index contributed by atoms with van der Waals surface area (Å²) in [6.07, 6.45) is 1.31. The first-order valence-corrected chi connectivity index (χ1v) is 6.50. The lowest BCUT2D eigenvalue weighted by Crippen LogP contribution is -2.37. The fourth-order valence-electron chi connectivity index (χ4n) is 1.53. The van der Waals surface area contributed by atoms with Crippen LogP contribution in [0.5, 0.6) is 0 Å². The van der Waals surface area contributed by atoms with E-state index in [1.54, 1.807) is 0 Å². The van der Waals surface area contributed by atoms with Crippen LogP contribution >= 0.6 is 11.8 Å². The molecule has 1 aromatic heterocycles. The molecule has 0 aliphatic carbocycles. The first-order chi connectivity index (χ1) is 9.08. The van der Waals surface area contributed by atoms with Gasteiger partial charge in [-0.15, -0.1) is 0 Å². The largest absolute Gasteiger partial charge is 0.350 e. The van der Waals surface area contributed by atoms with Crippen LogP contribution in [0.25, 0.3) is 0 Å². The number of imide groups is 1. The van der Waals surface area contributed by atoms with Gasteiger partial charge in [-0.05, 0) is 6.07 Å². The molecule has 0 radical (unpaired) electrons. The van der Waals surface area contributed by atoms with Gasteiger partial charge in [0.25, 0.3) is 11.1 Å². The maximum absolute atomic E-state index is 11.7. The number of carbonyl (C=O) groups excluding carboxylic acids is 3. The van der Waals surface area contributed by atoms with Crippen LogP contribution in [0.4, 0.5) is 4.79 Å². The fraction of sp³-hybridized carbons (Fsp3) is 0.273. The number of carbonyl (C=O) groups is 3. The normalized spacial score (nSPS) is 14.8. The van der Waals surface area contributed by atoms with Gasteiger partial charge in [0.1, 0.15) is 0 Å². The summed E-state index contributed by atoms with van der Waals surface area (Å²) in [6, 6.07) is 2.65. The van der Waals surface area contributed by atoms with Crippen LogP contribution in [0.3, 0.4) is 0 Å². The number of hydrogen-bond acceptors (Lipinski definition) is 5. The van der Waals surface area contributed by atoms with Gasteiger partial charge < -0.3 is 10.3 Å². The molecule has 0 aromatic carbocycles. The molecule has 0 saturated carbocycles. The van der Waals surface area contributed by atoms with E-state index < -0.39 is 0 Å². The van der Waals surface area contributed by atoms with E-state index in [1.807, 2.05) is 0 Å². The van der Waals surface area contributed by atoms with Gasteiger partial charge in [-0.1, -0.05) is 11.8 Å². The molecule has 2 rings (SSSR count). The van der Waals surface area contributed by atoms with Crippen molar-refractivity contribution in [3.63, 3.8) is 0 Å². The van der Waals surface area contributed by atoms with Crippen molar-refractivity contribution < 1.29 is 14.4 Å². The van der Waals surface area contributed by atoms with Crippen LogP contribution in [0, 0.1) is 0 Å². The van der Waals surface area contributed by atoms with E-state index in [-0.39, 0.29) is 41.5 Å². The molecule has 1 aliphatic rings. The topological polar surface area (TPSA) is 99.3 Å². The summed E-state index contributed by atoms with van der Waals surface area (Å²) in [5, 5.41) is 2.28. The Labute approximate surface area is 112 Å². The quantitative estimate of drug-likeness (QED) is 0.796. The van der Waals surface area contributed by atoms with Gasteiger partial charge in [-0.25, -0.2) is 0 Å². The maximum Gasteiger partial charge on any atom is 0.288 e. The van der Waals surface area contributed by atoms with E-state index in [0.717, 1.165) is 16.7 Å². The Morgan fingerprint density at radius 2 is 2.16 bits per heavy atom. The minimum atomic E-state index is -0.372. The summed E-state index contributed by atoms with van der Waals surface area (Å²) < 4.78 is 0. The van der Waals surface area contributed by atoms with Crippen molar-refractivity contribution in [3.05, 3.63) is 34.2 Å². The molecule has 1 saturated heterocycles. The van der Waals surface area contributed by atoms with Crippen LogP contribution in [0.2, 0.25) is 0 Å². The highest BCUT2D eigenvalue weighted by Crippen LogP contribution is 2.17. The third-order valence-electron chi connectivity index (χ3n) is 2.51. The molecule has 0 unspecified atom stereocenters. The number of aromatic nitrogens is 1. The number of rotatable bonds is 4. The lowest BCUT2D eigenvalue weighted by atomic mass is 10.2. The fourth-order valence-corrected chi connectivity index (χ4v) is 2.28. The predicted octanol–water partition coefficient (Wildman–Crippen LogP) is -0.200. The Morgan fingerprint density at radius 3 is 2.74 bits per heavy atom. The predicted molar refractivity (Wildman–Crippen MR) is 69.0 cm³/mol. The number of amides is 3. The zero-order valence-electron chi connectivity index (χ0n) is 9.84. The SMILES string of the molecule is O=C(NCCN1C(=O)CSC1=O)c1ccc(=O)[nH]c1. The molecule has 8 heteroatoms. The molecule has 3 amide bonds. The molecule has 19 heavy (non-hydrogen) atoms. The smallest absolute Gasteiger partial charge is 0.288 e. The van der Waals surface area contributed by atoms with Gasteiger partial charge >= 0.3 is 0 Å². The second kappa shape index (κ2) is 5.70. The molecular weight excluding hydrogens is 270 g/mol. The van der Waals surface area contributed by atoms with Gasteiger partial charge in [0, 0.05) is 25.4 Å². The zero-order chi connectivity index (χ0) is 13.8. The standard InChI is InChI=1S/C11H11N3O4S/c15-8-2-1-7(5-13-8)10(17)12-3-4-14-9(16)6-19-11(14)18/h1-2,5H,3-4,6H2,(H,12,17)(H,13,15). The van der Waals surface area contributed by atoms with Crippen molar-refractivity contribution in [3.8, 4) is 0 Å². The Hall–Kier alpha value is -2.09. The molecule has 7 nitrogen and oxygen atoms in total. The Balaban J connectivity index is 1.84. The first-order valence-electron chi connectivity index (χ1n) is 5.52. The molecule has 100 valence electrons. The van der Waals surface area contributed by atoms with Crippen LogP contribution < -0.4 is 10.9 Å². The summed E-state index contributed by atoms with van der Waals surface area (Å²) in [5.74, 6) is -0.455. The number of aromatic amines is 1. The summed E-state index contributed by atoms with van der Waals surface area (Å²) >= 11 is 0.955. The summed E-state index contributed by atoms with van der Waals surface area (Å²) in [6.45, 7) is 0.329. The van der Waals surface area contributed by atoms with Crippen LogP contribution in [-0.2, 0) is 4.79 Å². The molecule has 1 fully saturated rings. The summed E-state index contributed by atoms with van der Waals surface area (Å²) in [4.78, 5) is 48.6. The number of pyridine rings is 1. The number of hydrogen-bond donors (Lipinski definition) is 2. The van der Waals surface area contributed by atoms with Crippen molar-refractivity contribution in [1.29, 1.82) is 0 Å². The van der Waals surface area contributed by atoms with Gasteiger partial charge in [0.15, 0.2) is 0 Å². The average molecular weight is 281 g/mol. The number of nitrogens with zero attached hydrogens (tertiary/aromatic N) is 1. The Kier molecular flexibility index (Phi) is 4.00. The highest BCUT2D eigenvalue weighted by molar-refractivity contribution is 8.14. The third kappa shape index (κ3) is 3.22. The van der Waals surface area contributed by atoms with Gasteiger partial charge in [0.05, 0.1) is 11.3 Å². The van der Waals surface area contributed by atoms with Crippen LogP contribution in [0.1, 0.15) is 10.4 Å². The van der Waals surface area contributed by atoms with Crippen molar-refractivity contribution in [2.45, 2.75) is 0 Å². The molecule has 0 atom stereocenters.